The van der Waals surface area contributed by atoms with Crippen LogP contribution in [0.15, 0.2) is 48.5 Å². The summed E-state index contributed by atoms with van der Waals surface area (Å²) in [6.45, 7) is 2.59. The molecule has 0 fully saturated rings. The molecule has 1 heterocycles. The zero-order chi connectivity index (χ0) is 19.9. The van der Waals surface area contributed by atoms with Crippen LogP contribution in [0.4, 0.5) is 10.5 Å². The molecule has 0 bridgehead atoms. The average molecular weight is 398 g/mol. The molecule has 146 valence electrons. The van der Waals surface area contributed by atoms with Crippen LogP contribution in [0.3, 0.4) is 0 Å². The van der Waals surface area contributed by atoms with E-state index < -0.39 is 0 Å². The van der Waals surface area contributed by atoms with E-state index in [1.54, 1.807) is 47.5 Å². The molecule has 1 aromatic heterocycles. The minimum absolute atomic E-state index is 0.138. The Labute approximate surface area is 167 Å². The van der Waals surface area contributed by atoms with E-state index in [4.69, 9.17) is 4.74 Å². The summed E-state index contributed by atoms with van der Waals surface area (Å²) in [5.41, 5.74) is 1.62. The lowest BCUT2D eigenvalue weighted by molar-refractivity contribution is -0.114. The lowest BCUT2D eigenvalue weighted by Crippen LogP contribution is -2.38. The van der Waals surface area contributed by atoms with Crippen LogP contribution < -0.4 is 15.4 Å². The number of rotatable bonds is 7. The number of thiazole rings is 1. The predicted octanol–water partition coefficient (Wildman–Crippen LogP) is 3.48. The minimum Gasteiger partial charge on any atom is -0.492 e. The van der Waals surface area contributed by atoms with E-state index in [-0.39, 0.29) is 11.9 Å². The van der Waals surface area contributed by atoms with Gasteiger partial charge in [0, 0.05) is 25.7 Å². The van der Waals surface area contributed by atoms with E-state index in [0.29, 0.717) is 31.1 Å². The van der Waals surface area contributed by atoms with Gasteiger partial charge < -0.3 is 20.3 Å². The second-order valence-corrected chi connectivity index (χ2v) is 7.34. The Morgan fingerprint density at radius 1 is 1.18 bits per heavy atom. The zero-order valence-corrected chi connectivity index (χ0v) is 16.6. The van der Waals surface area contributed by atoms with Crippen molar-refractivity contribution in [1.82, 2.24) is 15.2 Å². The Morgan fingerprint density at radius 2 is 2.00 bits per heavy atom. The highest BCUT2D eigenvalue weighted by Crippen LogP contribution is 2.22. The summed E-state index contributed by atoms with van der Waals surface area (Å²) in [6, 6.07) is 14.9. The molecule has 0 atom stereocenters. The van der Waals surface area contributed by atoms with E-state index in [9.17, 15) is 9.59 Å². The molecule has 0 aliphatic heterocycles. The van der Waals surface area contributed by atoms with Gasteiger partial charge in [-0.3, -0.25) is 4.79 Å². The molecule has 0 radical (unpaired) electrons. The van der Waals surface area contributed by atoms with E-state index in [1.165, 1.54) is 6.92 Å². The van der Waals surface area contributed by atoms with Crippen LogP contribution in [0.1, 0.15) is 11.9 Å². The number of anilines is 1. The maximum atomic E-state index is 12.2. The summed E-state index contributed by atoms with van der Waals surface area (Å²) in [5.74, 6) is 0.490. The number of amides is 3. The van der Waals surface area contributed by atoms with Crippen molar-refractivity contribution in [3.8, 4) is 5.75 Å². The van der Waals surface area contributed by atoms with E-state index in [0.717, 1.165) is 15.2 Å². The van der Waals surface area contributed by atoms with Gasteiger partial charge in [-0.2, -0.15) is 0 Å². The molecule has 0 saturated heterocycles. The molecule has 0 unspecified atom stereocenters. The summed E-state index contributed by atoms with van der Waals surface area (Å²) < 4.78 is 6.73. The smallest absolute Gasteiger partial charge is 0.317 e. The molecular weight excluding hydrogens is 376 g/mol. The fourth-order valence-corrected chi connectivity index (χ4v) is 3.61. The van der Waals surface area contributed by atoms with Crippen LogP contribution in [0.2, 0.25) is 0 Å². The number of fused-ring (bicyclic) bond motifs is 1. The van der Waals surface area contributed by atoms with E-state index in [1.807, 2.05) is 24.3 Å². The summed E-state index contributed by atoms with van der Waals surface area (Å²) in [4.78, 5) is 29.5. The van der Waals surface area contributed by atoms with E-state index >= 15 is 0 Å². The van der Waals surface area contributed by atoms with Crippen molar-refractivity contribution in [3.05, 3.63) is 53.5 Å². The van der Waals surface area contributed by atoms with Crippen molar-refractivity contribution in [2.45, 2.75) is 13.5 Å². The van der Waals surface area contributed by atoms with Crippen LogP contribution >= 0.6 is 11.3 Å². The normalized spacial score (nSPS) is 10.5. The maximum Gasteiger partial charge on any atom is 0.317 e. The van der Waals surface area contributed by atoms with Crippen molar-refractivity contribution in [2.75, 3.05) is 25.5 Å². The molecule has 3 aromatic rings. The van der Waals surface area contributed by atoms with Gasteiger partial charge in [0.1, 0.15) is 17.4 Å². The minimum atomic E-state index is -0.185. The number of urea groups is 1. The van der Waals surface area contributed by atoms with Gasteiger partial charge in [0.05, 0.1) is 23.3 Å². The first kappa shape index (κ1) is 19.6. The Balaban J connectivity index is 1.43. The number of ether oxygens (including phenoxy) is 1. The number of hydrogen-bond donors (Lipinski definition) is 2. The molecule has 3 amide bonds. The standard InChI is InChI=1S/C20H22N4O3S/c1-14(25)22-15-6-5-7-16(12-15)27-11-10-21-20(26)24(2)13-19-23-17-8-3-4-9-18(17)28-19/h3-9,12H,10-11,13H2,1-2H3,(H,21,26)(H,22,25). The first-order valence-electron chi connectivity index (χ1n) is 8.85. The van der Waals surface area contributed by atoms with Gasteiger partial charge in [0.15, 0.2) is 0 Å². The van der Waals surface area contributed by atoms with Crippen LogP contribution in [-0.2, 0) is 11.3 Å². The first-order chi connectivity index (χ1) is 13.5. The third-order valence-corrected chi connectivity index (χ3v) is 4.88. The number of carbonyl (C=O) groups is 2. The van der Waals surface area contributed by atoms with Crippen molar-refractivity contribution < 1.29 is 14.3 Å². The largest absolute Gasteiger partial charge is 0.492 e. The molecule has 0 saturated carbocycles. The number of benzene rings is 2. The topological polar surface area (TPSA) is 83.6 Å². The second kappa shape index (κ2) is 9.18. The fraction of sp³-hybridized carbons (Fsp3) is 0.250. The number of hydrogen-bond acceptors (Lipinski definition) is 5. The predicted molar refractivity (Wildman–Crippen MR) is 111 cm³/mol. The third kappa shape index (κ3) is 5.43. The molecular formula is C20H22N4O3S. The van der Waals surface area contributed by atoms with Gasteiger partial charge >= 0.3 is 6.03 Å². The Kier molecular flexibility index (Phi) is 6.44. The highest BCUT2D eigenvalue weighted by Gasteiger charge is 2.11. The van der Waals surface area contributed by atoms with Gasteiger partial charge in [0.2, 0.25) is 5.91 Å². The van der Waals surface area contributed by atoms with E-state index in [2.05, 4.69) is 15.6 Å². The maximum absolute atomic E-state index is 12.2. The lowest BCUT2D eigenvalue weighted by Gasteiger charge is -2.16. The quantitative estimate of drug-likeness (QED) is 0.597. The monoisotopic (exact) mass is 398 g/mol. The zero-order valence-electron chi connectivity index (χ0n) is 15.8. The van der Waals surface area contributed by atoms with Gasteiger partial charge in [-0.1, -0.05) is 18.2 Å². The van der Waals surface area contributed by atoms with Crippen molar-refractivity contribution in [2.24, 2.45) is 0 Å². The Hall–Kier alpha value is -3.13. The van der Waals surface area contributed by atoms with Crippen LogP contribution in [0, 0.1) is 0 Å². The number of para-hydroxylation sites is 1. The van der Waals surface area contributed by atoms with Crippen LogP contribution in [0.5, 0.6) is 5.75 Å². The third-order valence-electron chi connectivity index (χ3n) is 3.86. The molecule has 7 nitrogen and oxygen atoms in total. The first-order valence-corrected chi connectivity index (χ1v) is 9.67. The highest BCUT2D eigenvalue weighted by atomic mass is 32.1. The summed E-state index contributed by atoms with van der Waals surface area (Å²) in [5, 5.41) is 6.42. The SMILES string of the molecule is CC(=O)Nc1cccc(OCCNC(=O)N(C)Cc2nc3ccccc3s2)c1. The van der Waals surface area contributed by atoms with Gasteiger partial charge in [-0.25, -0.2) is 9.78 Å². The van der Waals surface area contributed by atoms with Gasteiger partial charge in [-0.15, -0.1) is 11.3 Å². The molecule has 0 spiro atoms. The molecule has 0 aliphatic carbocycles. The van der Waals surface area contributed by atoms with Crippen LogP contribution in [0.25, 0.3) is 10.2 Å². The van der Waals surface area contributed by atoms with Crippen LogP contribution in [-0.4, -0.2) is 42.0 Å². The summed E-state index contributed by atoms with van der Waals surface area (Å²) >= 11 is 1.59. The molecule has 3 rings (SSSR count). The Bertz CT molecular complexity index is 940. The highest BCUT2D eigenvalue weighted by molar-refractivity contribution is 7.18. The number of carbonyl (C=O) groups excluding carboxylic acids is 2. The second-order valence-electron chi connectivity index (χ2n) is 6.22. The lowest BCUT2D eigenvalue weighted by atomic mass is 10.3. The Morgan fingerprint density at radius 3 is 2.79 bits per heavy atom. The van der Waals surface area contributed by atoms with Gasteiger partial charge in [0.25, 0.3) is 0 Å². The van der Waals surface area contributed by atoms with Crippen molar-refractivity contribution >= 4 is 39.2 Å². The molecule has 2 N–H and O–H groups in total. The summed E-state index contributed by atoms with van der Waals surface area (Å²) in [6.07, 6.45) is 0. The molecule has 8 heteroatoms. The summed E-state index contributed by atoms with van der Waals surface area (Å²) in [7, 11) is 1.74. The molecule has 28 heavy (non-hydrogen) atoms. The van der Waals surface area contributed by atoms with Crippen molar-refractivity contribution in [3.63, 3.8) is 0 Å². The van der Waals surface area contributed by atoms with Crippen molar-refractivity contribution in [1.29, 1.82) is 0 Å². The molecule has 2 aromatic carbocycles. The molecule has 0 aliphatic rings. The number of nitrogens with one attached hydrogen (secondary N) is 2. The van der Waals surface area contributed by atoms with Gasteiger partial charge in [-0.05, 0) is 24.3 Å². The fourth-order valence-electron chi connectivity index (χ4n) is 2.59. The average Bonchev–Trinajstić information content (AvgIpc) is 3.07. The number of aromatic nitrogens is 1. The number of nitrogens with zero attached hydrogens (tertiary/aromatic N) is 2.